The first kappa shape index (κ1) is 17.6. The van der Waals surface area contributed by atoms with Gasteiger partial charge in [-0.3, -0.25) is 0 Å². The van der Waals surface area contributed by atoms with Crippen LogP contribution >= 0.6 is 0 Å². The Morgan fingerprint density at radius 3 is 1.96 bits per heavy atom. The van der Waals surface area contributed by atoms with E-state index < -0.39 is 0 Å². The molecule has 3 aromatic rings. The number of allylic oxidation sites excluding steroid dienone is 2. The quantitative estimate of drug-likeness (QED) is 0.527. The van der Waals surface area contributed by atoms with Crippen LogP contribution in [0.15, 0.2) is 84.1 Å². The van der Waals surface area contributed by atoms with E-state index in [4.69, 9.17) is 0 Å². The van der Waals surface area contributed by atoms with Crippen LogP contribution in [0.3, 0.4) is 0 Å². The molecular formula is C23H22O3. The highest BCUT2D eigenvalue weighted by atomic mass is 16.3. The van der Waals surface area contributed by atoms with Crippen molar-refractivity contribution in [1.29, 1.82) is 0 Å². The maximum Gasteiger partial charge on any atom is 0.123 e. The molecule has 0 aromatic heterocycles. The monoisotopic (exact) mass is 346 g/mol. The molecule has 0 aliphatic heterocycles. The Morgan fingerprint density at radius 2 is 1.38 bits per heavy atom. The van der Waals surface area contributed by atoms with Gasteiger partial charge in [-0.1, -0.05) is 60.7 Å². The molecule has 3 rings (SSSR count). The van der Waals surface area contributed by atoms with Gasteiger partial charge < -0.3 is 15.3 Å². The zero-order valence-corrected chi connectivity index (χ0v) is 14.8. The number of aliphatic hydroxyl groups is 1. The lowest BCUT2D eigenvalue weighted by Gasteiger charge is -2.21. The van der Waals surface area contributed by atoms with Crippen molar-refractivity contribution in [2.75, 3.05) is 0 Å². The van der Waals surface area contributed by atoms with Gasteiger partial charge >= 0.3 is 0 Å². The highest BCUT2D eigenvalue weighted by molar-refractivity contribution is 5.64. The van der Waals surface area contributed by atoms with E-state index in [2.05, 4.69) is 12.1 Å². The average Bonchev–Trinajstić information content (AvgIpc) is 2.64. The standard InChI is InChI=1S/C23H22O3/c1-15(16(2)24)23(21-13-12-20(25)14-22(21)26)19-10-8-18(9-11-19)17-6-4-3-5-7-17/h3-14,23-26H,1-2H3/b16-15-. The fourth-order valence-corrected chi connectivity index (χ4v) is 3.15. The van der Waals surface area contributed by atoms with Gasteiger partial charge in [0.1, 0.15) is 11.5 Å². The van der Waals surface area contributed by atoms with Crippen molar-refractivity contribution in [3.05, 3.63) is 95.3 Å². The van der Waals surface area contributed by atoms with Gasteiger partial charge in [0.05, 0.1) is 5.76 Å². The SMILES string of the molecule is C/C(O)=C(\C)C(c1ccc(-c2ccccc2)cc1)c1ccc(O)cc1O. The fraction of sp³-hybridized carbons (Fsp3) is 0.130. The first-order valence-corrected chi connectivity index (χ1v) is 8.51. The molecule has 0 radical (unpaired) electrons. The summed E-state index contributed by atoms with van der Waals surface area (Å²) >= 11 is 0. The average molecular weight is 346 g/mol. The molecule has 0 saturated carbocycles. The van der Waals surface area contributed by atoms with E-state index in [1.165, 1.54) is 6.07 Å². The van der Waals surface area contributed by atoms with Gasteiger partial charge in [0.15, 0.2) is 0 Å². The summed E-state index contributed by atoms with van der Waals surface area (Å²) in [5.41, 5.74) is 4.58. The summed E-state index contributed by atoms with van der Waals surface area (Å²) in [6.45, 7) is 3.48. The van der Waals surface area contributed by atoms with Crippen LogP contribution in [0.5, 0.6) is 11.5 Å². The Hall–Kier alpha value is -3.20. The molecule has 0 bridgehead atoms. The minimum atomic E-state index is -0.301. The molecule has 0 amide bonds. The van der Waals surface area contributed by atoms with Crippen LogP contribution in [0.4, 0.5) is 0 Å². The summed E-state index contributed by atoms with van der Waals surface area (Å²) in [7, 11) is 0. The molecule has 3 heteroatoms. The van der Waals surface area contributed by atoms with Crippen LogP contribution in [-0.2, 0) is 0 Å². The Labute approximate surface area is 153 Å². The van der Waals surface area contributed by atoms with Crippen LogP contribution in [-0.4, -0.2) is 15.3 Å². The second-order valence-electron chi connectivity index (χ2n) is 6.43. The molecule has 3 aromatic carbocycles. The predicted molar refractivity (Wildman–Crippen MR) is 104 cm³/mol. The number of aromatic hydroxyl groups is 2. The van der Waals surface area contributed by atoms with E-state index in [0.29, 0.717) is 5.56 Å². The van der Waals surface area contributed by atoms with E-state index in [0.717, 1.165) is 22.3 Å². The van der Waals surface area contributed by atoms with Crippen LogP contribution in [0.25, 0.3) is 11.1 Å². The van der Waals surface area contributed by atoms with Gasteiger partial charge in [-0.25, -0.2) is 0 Å². The lowest BCUT2D eigenvalue weighted by Crippen LogP contribution is -2.05. The summed E-state index contributed by atoms with van der Waals surface area (Å²) in [6.07, 6.45) is 0. The van der Waals surface area contributed by atoms with Gasteiger partial charge in [0.25, 0.3) is 0 Å². The zero-order valence-electron chi connectivity index (χ0n) is 14.8. The molecule has 0 saturated heterocycles. The normalized spacial score (nSPS) is 13.2. The molecule has 26 heavy (non-hydrogen) atoms. The summed E-state index contributed by atoms with van der Waals surface area (Å²) in [5.74, 6) is -0.0745. The minimum Gasteiger partial charge on any atom is -0.513 e. The number of rotatable bonds is 4. The van der Waals surface area contributed by atoms with Crippen LogP contribution in [0, 0.1) is 0 Å². The zero-order chi connectivity index (χ0) is 18.7. The number of hydrogen-bond donors (Lipinski definition) is 3. The first-order chi connectivity index (χ1) is 12.5. The van der Waals surface area contributed by atoms with Gasteiger partial charge in [-0.05, 0) is 42.2 Å². The van der Waals surface area contributed by atoms with Crippen LogP contribution < -0.4 is 0 Å². The molecule has 132 valence electrons. The molecule has 3 N–H and O–H groups in total. The van der Waals surface area contributed by atoms with Crippen LogP contribution in [0.2, 0.25) is 0 Å². The summed E-state index contributed by atoms with van der Waals surface area (Å²) in [6, 6.07) is 22.7. The summed E-state index contributed by atoms with van der Waals surface area (Å²) in [5, 5.41) is 29.9. The third kappa shape index (κ3) is 3.57. The summed E-state index contributed by atoms with van der Waals surface area (Å²) < 4.78 is 0. The smallest absolute Gasteiger partial charge is 0.123 e. The van der Waals surface area contributed by atoms with Crippen molar-refractivity contribution in [2.24, 2.45) is 0 Å². The second-order valence-corrected chi connectivity index (χ2v) is 6.43. The van der Waals surface area contributed by atoms with E-state index in [1.807, 2.05) is 49.4 Å². The number of aliphatic hydroxyl groups excluding tert-OH is 1. The minimum absolute atomic E-state index is 0.00253. The Kier molecular flexibility index (Phi) is 4.99. The highest BCUT2D eigenvalue weighted by Gasteiger charge is 2.21. The Balaban J connectivity index is 2.07. The molecule has 3 nitrogen and oxygen atoms in total. The fourth-order valence-electron chi connectivity index (χ4n) is 3.15. The molecule has 0 heterocycles. The van der Waals surface area contributed by atoms with E-state index >= 15 is 0 Å². The van der Waals surface area contributed by atoms with Gasteiger partial charge in [0.2, 0.25) is 0 Å². The Morgan fingerprint density at radius 1 is 0.769 bits per heavy atom. The van der Waals surface area contributed by atoms with E-state index in [-0.39, 0.29) is 23.2 Å². The second kappa shape index (κ2) is 7.36. The third-order valence-electron chi connectivity index (χ3n) is 4.68. The van der Waals surface area contributed by atoms with Crippen LogP contribution in [0.1, 0.15) is 30.9 Å². The van der Waals surface area contributed by atoms with E-state index in [9.17, 15) is 15.3 Å². The Bertz CT molecular complexity index is 921. The van der Waals surface area contributed by atoms with Gasteiger partial charge in [-0.2, -0.15) is 0 Å². The number of benzene rings is 3. The van der Waals surface area contributed by atoms with Crippen molar-refractivity contribution >= 4 is 0 Å². The van der Waals surface area contributed by atoms with Gasteiger partial charge in [0, 0.05) is 17.5 Å². The largest absolute Gasteiger partial charge is 0.513 e. The topological polar surface area (TPSA) is 60.7 Å². The highest BCUT2D eigenvalue weighted by Crippen LogP contribution is 2.39. The lowest BCUT2D eigenvalue weighted by atomic mass is 9.84. The van der Waals surface area contributed by atoms with Crippen molar-refractivity contribution in [3.63, 3.8) is 0 Å². The molecule has 1 unspecified atom stereocenters. The number of phenols is 2. The van der Waals surface area contributed by atoms with Crippen molar-refractivity contribution in [3.8, 4) is 22.6 Å². The summed E-state index contributed by atoms with van der Waals surface area (Å²) in [4.78, 5) is 0. The molecule has 0 spiro atoms. The predicted octanol–water partition coefficient (Wildman–Crippen LogP) is 5.75. The maximum absolute atomic E-state index is 10.3. The van der Waals surface area contributed by atoms with Crippen molar-refractivity contribution in [2.45, 2.75) is 19.8 Å². The molecule has 0 fully saturated rings. The van der Waals surface area contributed by atoms with Crippen molar-refractivity contribution < 1.29 is 15.3 Å². The van der Waals surface area contributed by atoms with Crippen molar-refractivity contribution in [1.82, 2.24) is 0 Å². The van der Waals surface area contributed by atoms with E-state index in [1.54, 1.807) is 19.1 Å². The molecule has 0 aliphatic rings. The third-order valence-corrected chi connectivity index (χ3v) is 4.68. The molecule has 1 atom stereocenters. The molecule has 0 aliphatic carbocycles. The lowest BCUT2D eigenvalue weighted by molar-refractivity contribution is 0.402. The van der Waals surface area contributed by atoms with Gasteiger partial charge in [-0.15, -0.1) is 0 Å². The number of phenolic OH excluding ortho intramolecular Hbond substituents is 2. The molecular weight excluding hydrogens is 324 g/mol. The first-order valence-electron chi connectivity index (χ1n) is 8.51. The maximum atomic E-state index is 10.3. The number of hydrogen-bond acceptors (Lipinski definition) is 3.